The zero-order valence-corrected chi connectivity index (χ0v) is 7.95. The summed E-state index contributed by atoms with van der Waals surface area (Å²) in [5.74, 6) is 0.00134. The van der Waals surface area contributed by atoms with Gasteiger partial charge in [-0.25, -0.2) is 4.39 Å². The summed E-state index contributed by atoms with van der Waals surface area (Å²) in [5, 5.41) is 0. The third-order valence-electron chi connectivity index (χ3n) is 2.62. The minimum Gasteiger partial charge on any atom is -0.486 e. The molecule has 0 heterocycles. The molecule has 1 aliphatic carbocycles. The fourth-order valence-corrected chi connectivity index (χ4v) is 1.80. The van der Waals surface area contributed by atoms with Crippen molar-refractivity contribution >= 4 is 0 Å². The summed E-state index contributed by atoms with van der Waals surface area (Å²) in [6, 6.07) is 6.50. The molecule has 0 radical (unpaired) electrons. The zero-order chi connectivity index (χ0) is 9.97. The van der Waals surface area contributed by atoms with Gasteiger partial charge in [-0.3, -0.25) is 0 Å². The highest BCUT2D eigenvalue weighted by atomic mass is 19.1. The SMILES string of the molecule is N[C@H]1CCC[C@H]1Oc1ccccc1F. The topological polar surface area (TPSA) is 35.2 Å². The van der Waals surface area contributed by atoms with Gasteiger partial charge >= 0.3 is 0 Å². The fourth-order valence-electron chi connectivity index (χ4n) is 1.80. The van der Waals surface area contributed by atoms with Gasteiger partial charge in [0.05, 0.1) is 0 Å². The van der Waals surface area contributed by atoms with Crippen LogP contribution in [0.2, 0.25) is 0 Å². The van der Waals surface area contributed by atoms with Crippen LogP contribution in [0.1, 0.15) is 19.3 Å². The van der Waals surface area contributed by atoms with Crippen LogP contribution in [0.4, 0.5) is 4.39 Å². The minimum absolute atomic E-state index is 0.0214. The Morgan fingerprint density at radius 2 is 2.07 bits per heavy atom. The van der Waals surface area contributed by atoms with Crippen LogP contribution < -0.4 is 10.5 Å². The molecule has 1 saturated carbocycles. The molecule has 2 rings (SSSR count). The summed E-state index contributed by atoms with van der Waals surface area (Å²) >= 11 is 0. The molecule has 2 nitrogen and oxygen atoms in total. The second-order valence-corrected chi connectivity index (χ2v) is 3.68. The summed E-state index contributed by atoms with van der Waals surface area (Å²) in [6.45, 7) is 0. The molecule has 0 unspecified atom stereocenters. The molecule has 76 valence electrons. The van der Waals surface area contributed by atoms with E-state index in [1.54, 1.807) is 18.2 Å². The van der Waals surface area contributed by atoms with Gasteiger partial charge in [-0.15, -0.1) is 0 Å². The molecule has 1 fully saturated rings. The quantitative estimate of drug-likeness (QED) is 0.784. The maximum atomic E-state index is 13.2. The van der Waals surface area contributed by atoms with Crippen LogP contribution in [0, 0.1) is 5.82 Å². The summed E-state index contributed by atoms with van der Waals surface area (Å²) in [7, 11) is 0. The molecular weight excluding hydrogens is 181 g/mol. The molecule has 0 amide bonds. The van der Waals surface area contributed by atoms with E-state index in [1.165, 1.54) is 6.07 Å². The van der Waals surface area contributed by atoms with E-state index in [0.717, 1.165) is 19.3 Å². The molecular formula is C11H14FNO. The van der Waals surface area contributed by atoms with Crippen molar-refractivity contribution in [2.24, 2.45) is 5.73 Å². The Hall–Kier alpha value is -1.09. The second kappa shape index (κ2) is 3.96. The Labute approximate surface area is 82.9 Å². The molecule has 2 N–H and O–H groups in total. The number of ether oxygens (including phenoxy) is 1. The maximum Gasteiger partial charge on any atom is 0.165 e. The van der Waals surface area contributed by atoms with Gasteiger partial charge in [0.2, 0.25) is 0 Å². The van der Waals surface area contributed by atoms with Crippen LogP contribution in [-0.2, 0) is 0 Å². The van der Waals surface area contributed by atoms with Crippen molar-refractivity contribution in [2.75, 3.05) is 0 Å². The summed E-state index contributed by atoms with van der Waals surface area (Å²) in [4.78, 5) is 0. The molecule has 0 bridgehead atoms. The van der Waals surface area contributed by atoms with Crippen molar-refractivity contribution < 1.29 is 9.13 Å². The van der Waals surface area contributed by atoms with E-state index in [9.17, 15) is 4.39 Å². The Kier molecular flexibility index (Phi) is 2.68. The highest BCUT2D eigenvalue weighted by Gasteiger charge is 2.26. The fraction of sp³-hybridized carbons (Fsp3) is 0.455. The first kappa shape index (κ1) is 9.46. The van der Waals surface area contributed by atoms with E-state index in [2.05, 4.69) is 0 Å². The monoisotopic (exact) mass is 195 g/mol. The molecule has 0 spiro atoms. The van der Waals surface area contributed by atoms with Crippen LogP contribution in [0.5, 0.6) is 5.75 Å². The lowest BCUT2D eigenvalue weighted by atomic mass is 10.2. The van der Waals surface area contributed by atoms with Gasteiger partial charge in [0, 0.05) is 6.04 Å². The lowest BCUT2D eigenvalue weighted by Gasteiger charge is -2.17. The van der Waals surface area contributed by atoms with Crippen LogP contribution in [0.3, 0.4) is 0 Å². The number of benzene rings is 1. The van der Waals surface area contributed by atoms with Crippen molar-refractivity contribution in [1.82, 2.24) is 0 Å². The van der Waals surface area contributed by atoms with Gasteiger partial charge in [-0.05, 0) is 31.4 Å². The number of hydrogen-bond donors (Lipinski definition) is 1. The Morgan fingerprint density at radius 3 is 2.71 bits per heavy atom. The third kappa shape index (κ3) is 1.87. The first-order chi connectivity index (χ1) is 6.77. The minimum atomic E-state index is -0.313. The Balaban J connectivity index is 2.07. The number of para-hydroxylation sites is 1. The van der Waals surface area contributed by atoms with Gasteiger partial charge in [-0.1, -0.05) is 12.1 Å². The van der Waals surface area contributed by atoms with Crippen molar-refractivity contribution in [3.05, 3.63) is 30.1 Å². The van der Waals surface area contributed by atoms with E-state index in [-0.39, 0.29) is 18.0 Å². The maximum absolute atomic E-state index is 13.2. The molecule has 14 heavy (non-hydrogen) atoms. The van der Waals surface area contributed by atoms with E-state index >= 15 is 0 Å². The molecule has 2 atom stereocenters. The highest BCUT2D eigenvalue weighted by molar-refractivity contribution is 5.24. The molecule has 1 aromatic rings. The van der Waals surface area contributed by atoms with Gasteiger partial charge in [0.15, 0.2) is 11.6 Å². The van der Waals surface area contributed by atoms with E-state index in [1.807, 2.05) is 0 Å². The molecule has 0 aliphatic heterocycles. The first-order valence-corrected chi connectivity index (χ1v) is 4.94. The first-order valence-electron chi connectivity index (χ1n) is 4.94. The molecule has 3 heteroatoms. The normalized spacial score (nSPS) is 26.4. The largest absolute Gasteiger partial charge is 0.486 e. The Bertz CT molecular complexity index is 316. The van der Waals surface area contributed by atoms with Crippen molar-refractivity contribution in [2.45, 2.75) is 31.4 Å². The lowest BCUT2D eigenvalue weighted by Crippen LogP contribution is -2.33. The van der Waals surface area contributed by atoms with E-state index in [4.69, 9.17) is 10.5 Å². The van der Waals surface area contributed by atoms with Crippen molar-refractivity contribution in [3.63, 3.8) is 0 Å². The average Bonchev–Trinajstić information content (AvgIpc) is 2.56. The van der Waals surface area contributed by atoms with E-state index < -0.39 is 0 Å². The van der Waals surface area contributed by atoms with Crippen molar-refractivity contribution in [3.8, 4) is 5.75 Å². The Morgan fingerprint density at radius 1 is 1.29 bits per heavy atom. The lowest BCUT2D eigenvalue weighted by molar-refractivity contribution is 0.183. The molecule has 0 aromatic heterocycles. The summed E-state index contributed by atoms with van der Waals surface area (Å²) in [6.07, 6.45) is 2.95. The predicted octanol–water partition coefficient (Wildman–Crippen LogP) is 2.08. The average molecular weight is 195 g/mol. The molecule has 1 aliphatic rings. The van der Waals surface area contributed by atoms with Crippen LogP contribution >= 0.6 is 0 Å². The van der Waals surface area contributed by atoms with Crippen LogP contribution in [0.15, 0.2) is 24.3 Å². The molecule has 1 aromatic carbocycles. The summed E-state index contributed by atoms with van der Waals surface area (Å²) in [5.41, 5.74) is 5.83. The van der Waals surface area contributed by atoms with Gasteiger partial charge in [0.1, 0.15) is 6.10 Å². The number of rotatable bonds is 2. The van der Waals surface area contributed by atoms with Gasteiger partial charge in [0.25, 0.3) is 0 Å². The van der Waals surface area contributed by atoms with Crippen molar-refractivity contribution in [1.29, 1.82) is 0 Å². The van der Waals surface area contributed by atoms with Gasteiger partial charge in [-0.2, -0.15) is 0 Å². The second-order valence-electron chi connectivity index (χ2n) is 3.68. The highest BCUT2D eigenvalue weighted by Crippen LogP contribution is 2.25. The smallest absolute Gasteiger partial charge is 0.165 e. The van der Waals surface area contributed by atoms with Gasteiger partial charge < -0.3 is 10.5 Å². The standard InChI is InChI=1S/C11H14FNO/c12-8-4-1-2-6-10(8)14-11-7-3-5-9(11)13/h1-2,4,6,9,11H,3,5,7,13H2/t9-,11+/m0/s1. The van der Waals surface area contributed by atoms with Crippen LogP contribution in [0.25, 0.3) is 0 Å². The molecule has 0 saturated heterocycles. The number of nitrogens with two attached hydrogens (primary N) is 1. The zero-order valence-electron chi connectivity index (χ0n) is 7.95. The van der Waals surface area contributed by atoms with Crippen LogP contribution in [-0.4, -0.2) is 12.1 Å². The van der Waals surface area contributed by atoms with E-state index in [0.29, 0.717) is 5.75 Å². The third-order valence-corrected chi connectivity index (χ3v) is 2.62. The predicted molar refractivity (Wildman–Crippen MR) is 52.6 cm³/mol. The number of hydrogen-bond acceptors (Lipinski definition) is 2. The summed E-state index contributed by atoms with van der Waals surface area (Å²) < 4.78 is 18.7. The number of halogens is 1.